The quantitative estimate of drug-likeness (QED) is 0.537. The third-order valence-corrected chi connectivity index (χ3v) is 4.23. The number of hydrogen-bond donors (Lipinski definition) is 0. The standard InChI is InChI=1S/C11H25S/c1-5-7-9-11(12(3)4)10-8-6-2/h11H,5-10H2,1-4H3/q+1. The second-order valence-corrected chi connectivity index (χ2v) is 6.21. The molecule has 0 heterocycles. The summed E-state index contributed by atoms with van der Waals surface area (Å²) in [5.74, 6) is 0. The molecule has 0 N–H and O–H groups in total. The maximum atomic E-state index is 2.40. The van der Waals surface area contributed by atoms with Crippen LogP contribution in [0.15, 0.2) is 0 Å². The minimum Gasteiger partial charge on any atom is -0.0654 e. The van der Waals surface area contributed by atoms with Gasteiger partial charge in [-0.2, -0.15) is 0 Å². The van der Waals surface area contributed by atoms with Crippen LogP contribution in [0.25, 0.3) is 0 Å². The van der Waals surface area contributed by atoms with E-state index < -0.39 is 0 Å². The number of hydrogen-bond acceptors (Lipinski definition) is 0. The van der Waals surface area contributed by atoms with Crippen molar-refractivity contribution in [1.82, 2.24) is 0 Å². The summed E-state index contributed by atoms with van der Waals surface area (Å²) in [5.41, 5.74) is 0. The fraction of sp³-hybridized carbons (Fsp3) is 1.00. The highest BCUT2D eigenvalue weighted by Gasteiger charge is 2.19. The van der Waals surface area contributed by atoms with Crippen molar-refractivity contribution in [2.45, 2.75) is 57.6 Å². The van der Waals surface area contributed by atoms with Gasteiger partial charge >= 0.3 is 0 Å². The van der Waals surface area contributed by atoms with E-state index in [4.69, 9.17) is 0 Å². The van der Waals surface area contributed by atoms with Gasteiger partial charge in [0.25, 0.3) is 0 Å². The molecule has 74 valence electrons. The van der Waals surface area contributed by atoms with Crippen LogP contribution < -0.4 is 0 Å². The summed E-state index contributed by atoms with van der Waals surface area (Å²) >= 11 is 0. The van der Waals surface area contributed by atoms with Crippen molar-refractivity contribution in [3.8, 4) is 0 Å². The zero-order valence-corrected chi connectivity index (χ0v) is 10.0. The van der Waals surface area contributed by atoms with Crippen LogP contribution in [0.4, 0.5) is 0 Å². The Balaban J connectivity index is 3.55. The van der Waals surface area contributed by atoms with E-state index >= 15 is 0 Å². The first-order chi connectivity index (χ1) is 5.72. The lowest BCUT2D eigenvalue weighted by atomic mass is 10.1. The zero-order chi connectivity index (χ0) is 9.40. The summed E-state index contributed by atoms with van der Waals surface area (Å²) in [5, 5.41) is 1.02. The molecule has 0 atom stereocenters. The summed E-state index contributed by atoms with van der Waals surface area (Å²) in [6.07, 6.45) is 13.3. The van der Waals surface area contributed by atoms with Crippen LogP contribution in [0.3, 0.4) is 0 Å². The largest absolute Gasteiger partial charge is 0.117 e. The van der Waals surface area contributed by atoms with Gasteiger partial charge in [-0.15, -0.1) is 0 Å². The van der Waals surface area contributed by atoms with Gasteiger partial charge in [-0.1, -0.05) is 26.7 Å². The number of rotatable bonds is 7. The average molecular weight is 189 g/mol. The molecule has 0 rings (SSSR count). The van der Waals surface area contributed by atoms with Crippen LogP contribution in [0.5, 0.6) is 0 Å². The monoisotopic (exact) mass is 189 g/mol. The summed E-state index contributed by atoms with van der Waals surface area (Å²) in [7, 11) is 0.644. The molecule has 0 bridgehead atoms. The van der Waals surface area contributed by atoms with E-state index in [2.05, 4.69) is 26.4 Å². The van der Waals surface area contributed by atoms with Crippen LogP contribution in [-0.4, -0.2) is 17.8 Å². The minimum absolute atomic E-state index is 0.644. The van der Waals surface area contributed by atoms with E-state index in [1.807, 2.05) is 0 Å². The average Bonchev–Trinajstić information content (AvgIpc) is 2.04. The van der Waals surface area contributed by atoms with Crippen molar-refractivity contribution < 1.29 is 0 Å². The molecule has 0 radical (unpaired) electrons. The van der Waals surface area contributed by atoms with E-state index in [0.717, 1.165) is 5.25 Å². The lowest BCUT2D eigenvalue weighted by Gasteiger charge is -2.12. The SMILES string of the molecule is CCCCC(CCCC)[S+](C)C. The van der Waals surface area contributed by atoms with Gasteiger partial charge in [0.15, 0.2) is 0 Å². The first-order valence-electron chi connectivity index (χ1n) is 5.28. The first kappa shape index (κ1) is 12.3. The summed E-state index contributed by atoms with van der Waals surface area (Å²) < 4.78 is 0. The molecule has 0 fully saturated rings. The molecule has 1 heteroatoms. The third-order valence-electron chi connectivity index (χ3n) is 2.43. The van der Waals surface area contributed by atoms with Gasteiger partial charge in [0.2, 0.25) is 0 Å². The van der Waals surface area contributed by atoms with Gasteiger partial charge in [0.05, 0.1) is 12.5 Å². The highest BCUT2D eigenvalue weighted by molar-refractivity contribution is 7.96. The van der Waals surface area contributed by atoms with E-state index in [0.29, 0.717) is 10.9 Å². The van der Waals surface area contributed by atoms with Gasteiger partial charge in [-0.25, -0.2) is 0 Å². The van der Waals surface area contributed by atoms with E-state index in [9.17, 15) is 0 Å². The van der Waals surface area contributed by atoms with Crippen molar-refractivity contribution in [3.05, 3.63) is 0 Å². The highest BCUT2D eigenvalue weighted by atomic mass is 32.2. The van der Waals surface area contributed by atoms with Crippen molar-refractivity contribution >= 4 is 10.9 Å². The Labute approximate surface area is 81.5 Å². The Kier molecular flexibility index (Phi) is 8.20. The molecular weight excluding hydrogens is 164 g/mol. The predicted octanol–water partition coefficient (Wildman–Crippen LogP) is 3.61. The molecule has 0 aliphatic rings. The van der Waals surface area contributed by atoms with Crippen LogP contribution in [0.1, 0.15) is 52.4 Å². The highest BCUT2D eigenvalue weighted by Crippen LogP contribution is 2.16. The second-order valence-electron chi connectivity index (χ2n) is 3.79. The molecule has 0 nitrogen and oxygen atoms in total. The van der Waals surface area contributed by atoms with Gasteiger partial charge in [-0.3, -0.25) is 0 Å². The van der Waals surface area contributed by atoms with Gasteiger partial charge in [0, 0.05) is 0 Å². The van der Waals surface area contributed by atoms with Crippen LogP contribution in [0.2, 0.25) is 0 Å². The molecule has 0 saturated heterocycles. The van der Waals surface area contributed by atoms with Crippen molar-refractivity contribution in [2.75, 3.05) is 12.5 Å². The Hall–Kier alpha value is 0.350. The smallest absolute Gasteiger partial charge is 0.0654 e. The van der Waals surface area contributed by atoms with Crippen molar-refractivity contribution in [1.29, 1.82) is 0 Å². The Bertz CT molecular complexity index is 81.0. The fourth-order valence-corrected chi connectivity index (χ4v) is 2.76. The van der Waals surface area contributed by atoms with Crippen LogP contribution >= 0.6 is 0 Å². The molecular formula is C11H25S+. The van der Waals surface area contributed by atoms with Crippen LogP contribution in [0, 0.1) is 0 Å². The minimum atomic E-state index is 0.644. The normalized spacial score (nSPS) is 11.5. The van der Waals surface area contributed by atoms with Crippen molar-refractivity contribution in [2.24, 2.45) is 0 Å². The molecule has 0 spiro atoms. The van der Waals surface area contributed by atoms with E-state index in [1.54, 1.807) is 0 Å². The topological polar surface area (TPSA) is 0 Å². The lowest BCUT2D eigenvalue weighted by Crippen LogP contribution is -2.18. The van der Waals surface area contributed by atoms with Gasteiger partial charge in [0.1, 0.15) is 5.25 Å². The Morgan fingerprint density at radius 2 is 1.33 bits per heavy atom. The van der Waals surface area contributed by atoms with Gasteiger partial charge in [-0.05, 0) is 36.6 Å². The third kappa shape index (κ3) is 5.93. The first-order valence-corrected chi connectivity index (χ1v) is 7.39. The van der Waals surface area contributed by atoms with Crippen molar-refractivity contribution in [3.63, 3.8) is 0 Å². The molecule has 0 aliphatic carbocycles. The maximum Gasteiger partial charge on any atom is 0.117 e. The maximum absolute atomic E-state index is 2.40. The number of unbranched alkanes of at least 4 members (excludes halogenated alkanes) is 2. The zero-order valence-electron chi connectivity index (χ0n) is 9.23. The molecule has 0 aromatic carbocycles. The summed E-state index contributed by atoms with van der Waals surface area (Å²) in [6, 6.07) is 0. The van der Waals surface area contributed by atoms with E-state index in [-0.39, 0.29) is 0 Å². The summed E-state index contributed by atoms with van der Waals surface area (Å²) in [4.78, 5) is 0. The molecule has 0 unspecified atom stereocenters. The lowest BCUT2D eigenvalue weighted by molar-refractivity contribution is 0.613. The molecule has 0 aromatic rings. The molecule has 0 saturated carbocycles. The fourth-order valence-electron chi connectivity index (χ4n) is 1.48. The van der Waals surface area contributed by atoms with E-state index in [1.165, 1.54) is 38.5 Å². The second kappa shape index (κ2) is 7.97. The molecule has 0 amide bonds. The van der Waals surface area contributed by atoms with Gasteiger partial charge < -0.3 is 0 Å². The molecule has 0 aromatic heterocycles. The summed E-state index contributed by atoms with van der Waals surface area (Å²) in [6.45, 7) is 4.58. The Morgan fingerprint density at radius 3 is 1.58 bits per heavy atom. The molecule has 12 heavy (non-hydrogen) atoms. The Morgan fingerprint density at radius 1 is 0.917 bits per heavy atom. The predicted molar refractivity (Wildman–Crippen MR) is 62.1 cm³/mol. The van der Waals surface area contributed by atoms with Crippen LogP contribution in [-0.2, 0) is 10.9 Å². The molecule has 0 aliphatic heterocycles.